The van der Waals surface area contributed by atoms with Gasteiger partial charge in [-0.15, -0.1) is 0 Å². The molecule has 0 heterocycles. The lowest BCUT2D eigenvalue weighted by atomic mass is 10.1. The second-order valence-corrected chi connectivity index (χ2v) is 8.18. The van der Waals surface area contributed by atoms with Gasteiger partial charge in [0.05, 0.1) is 0 Å². The molecule has 0 aliphatic rings. The summed E-state index contributed by atoms with van der Waals surface area (Å²) in [5.74, 6) is 0.0447. The van der Waals surface area contributed by atoms with Crippen molar-refractivity contribution in [3.8, 4) is 0 Å². The fourth-order valence-electron chi connectivity index (χ4n) is 2.59. The second-order valence-electron chi connectivity index (χ2n) is 8.18. The molecule has 0 saturated heterocycles. The van der Waals surface area contributed by atoms with Gasteiger partial charge in [-0.1, -0.05) is 49.4 Å². The molecule has 1 amide bonds. The van der Waals surface area contributed by atoms with E-state index in [0.29, 0.717) is 26.0 Å². The van der Waals surface area contributed by atoms with E-state index in [1.54, 1.807) is 0 Å². The Bertz CT molecular complexity index is 755. The van der Waals surface area contributed by atoms with Crippen LogP contribution in [0.1, 0.15) is 58.1 Å². The van der Waals surface area contributed by atoms with Crippen molar-refractivity contribution in [1.82, 2.24) is 5.06 Å². The molecule has 2 rings (SSSR count). The predicted molar refractivity (Wildman–Crippen MR) is 124 cm³/mol. The summed E-state index contributed by atoms with van der Waals surface area (Å²) in [6.45, 7) is 9.00. The molecule has 2 N–H and O–H groups in total. The van der Waals surface area contributed by atoms with Crippen LogP contribution in [0.4, 0.5) is 5.69 Å². The zero-order valence-corrected chi connectivity index (χ0v) is 19.2. The minimum absolute atomic E-state index is 0.0447. The maximum absolute atomic E-state index is 12.4. The van der Waals surface area contributed by atoms with Crippen molar-refractivity contribution in [3.63, 3.8) is 0 Å². The summed E-state index contributed by atoms with van der Waals surface area (Å²) >= 11 is 0. The number of amides is 1. The van der Waals surface area contributed by atoms with E-state index in [4.69, 9.17) is 10.6 Å². The lowest BCUT2D eigenvalue weighted by Crippen LogP contribution is -2.31. The van der Waals surface area contributed by atoms with Crippen LogP contribution >= 0.6 is 0 Å². The monoisotopic (exact) mass is 428 g/mol. The number of hydrogen-bond donors (Lipinski definition) is 1. The van der Waals surface area contributed by atoms with Crippen molar-refractivity contribution in [2.75, 3.05) is 12.3 Å². The molecule has 6 heteroatoms. The molecule has 0 spiro atoms. The van der Waals surface area contributed by atoms with Gasteiger partial charge in [0, 0.05) is 18.7 Å². The van der Waals surface area contributed by atoms with Crippen LogP contribution in [0.2, 0.25) is 0 Å². The van der Waals surface area contributed by atoms with E-state index in [9.17, 15) is 9.59 Å². The summed E-state index contributed by atoms with van der Waals surface area (Å²) in [7, 11) is 0. The molecule has 0 radical (unpaired) electrons. The Morgan fingerprint density at radius 1 is 1.03 bits per heavy atom. The van der Waals surface area contributed by atoms with Gasteiger partial charge < -0.3 is 10.5 Å². The molecule has 0 fully saturated rings. The summed E-state index contributed by atoms with van der Waals surface area (Å²) < 4.78 is 4.55. The molecule has 0 aliphatic carbocycles. The zero-order chi connectivity index (χ0) is 23.1. The molecule has 0 bridgehead atoms. The Balaban J connectivity index is 0.000000592. The maximum atomic E-state index is 12.4. The minimum Gasteiger partial charge on any atom is -0.462 e. The summed E-state index contributed by atoms with van der Waals surface area (Å²) in [6, 6.07) is 17.7. The van der Waals surface area contributed by atoms with Gasteiger partial charge >= 0.3 is 0 Å². The average Bonchev–Trinajstić information content (AvgIpc) is 2.73. The van der Waals surface area contributed by atoms with Crippen molar-refractivity contribution >= 4 is 18.1 Å². The summed E-state index contributed by atoms with van der Waals surface area (Å²) in [5, 5.41) is 1.51. The predicted octanol–water partition coefficient (Wildman–Crippen LogP) is 4.92. The van der Waals surface area contributed by atoms with E-state index in [1.807, 2.05) is 82.3 Å². The fourth-order valence-corrected chi connectivity index (χ4v) is 2.59. The molecule has 0 saturated carbocycles. The highest BCUT2D eigenvalue weighted by atomic mass is 16.7. The first-order valence-electron chi connectivity index (χ1n) is 10.7. The molecular weight excluding hydrogens is 392 g/mol. The van der Waals surface area contributed by atoms with Crippen LogP contribution in [0.3, 0.4) is 0 Å². The van der Waals surface area contributed by atoms with E-state index in [2.05, 4.69) is 4.74 Å². The van der Waals surface area contributed by atoms with Crippen LogP contribution in [0.5, 0.6) is 0 Å². The van der Waals surface area contributed by atoms with Crippen molar-refractivity contribution in [3.05, 3.63) is 65.7 Å². The first kappa shape index (κ1) is 26.2. The Hall–Kier alpha value is -2.86. The highest BCUT2D eigenvalue weighted by molar-refractivity contribution is 5.75. The Labute approximate surface area is 186 Å². The number of benzene rings is 2. The first-order chi connectivity index (χ1) is 14.7. The quantitative estimate of drug-likeness (QED) is 0.330. The third-order valence-electron chi connectivity index (χ3n) is 4.17. The first-order valence-corrected chi connectivity index (χ1v) is 10.7. The fraction of sp³-hybridized carbons (Fsp3) is 0.440. The van der Waals surface area contributed by atoms with Crippen molar-refractivity contribution < 1.29 is 19.2 Å². The van der Waals surface area contributed by atoms with Crippen LogP contribution in [0.25, 0.3) is 0 Å². The van der Waals surface area contributed by atoms with Gasteiger partial charge in [-0.3, -0.25) is 14.4 Å². The minimum atomic E-state index is -0.318. The van der Waals surface area contributed by atoms with E-state index in [0.717, 1.165) is 30.5 Å². The standard InChI is InChI=1S/C20H26N2O2.C5H10O2/c1-2-15-22(24-16-18-7-4-3-5-8-18)20(23)10-6-9-17-11-13-19(21)14-12-17;1-5(2,3)7-4-6/h3-5,7-8,11-14H,2,6,9-10,15-16,21H2,1H3;4H,1-3H3. The van der Waals surface area contributed by atoms with Gasteiger partial charge in [0.2, 0.25) is 5.91 Å². The molecule has 2 aromatic carbocycles. The van der Waals surface area contributed by atoms with Crippen LogP contribution < -0.4 is 5.73 Å². The Morgan fingerprint density at radius 3 is 2.19 bits per heavy atom. The number of carbonyl (C=O) groups is 2. The van der Waals surface area contributed by atoms with Crippen LogP contribution in [-0.4, -0.2) is 29.6 Å². The van der Waals surface area contributed by atoms with Gasteiger partial charge in [-0.25, -0.2) is 5.06 Å². The molecule has 31 heavy (non-hydrogen) atoms. The normalized spacial score (nSPS) is 10.6. The number of nitrogens with two attached hydrogens (primary N) is 1. The Morgan fingerprint density at radius 2 is 1.68 bits per heavy atom. The molecule has 0 aliphatic heterocycles. The molecule has 0 aromatic heterocycles. The van der Waals surface area contributed by atoms with E-state index >= 15 is 0 Å². The third kappa shape index (κ3) is 12.4. The lowest BCUT2D eigenvalue weighted by Gasteiger charge is -2.21. The number of ether oxygens (including phenoxy) is 1. The van der Waals surface area contributed by atoms with Crippen molar-refractivity contribution in [2.24, 2.45) is 0 Å². The Kier molecular flexibility index (Phi) is 12.0. The van der Waals surface area contributed by atoms with Crippen LogP contribution in [-0.2, 0) is 32.2 Å². The number of nitrogens with zero attached hydrogens (tertiary/aromatic N) is 1. The van der Waals surface area contributed by atoms with E-state index < -0.39 is 0 Å². The molecule has 2 aromatic rings. The number of hydrogen-bond acceptors (Lipinski definition) is 5. The van der Waals surface area contributed by atoms with Gasteiger partial charge in [-0.2, -0.15) is 0 Å². The van der Waals surface area contributed by atoms with E-state index in [1.165, 1.54) is 10.6 Å². The largest absolute Gasteiger partial charge is 0.462 e. The second kappa shape index (κ2) is 14.2. The highest BCUT2D eigenvalue weighted by Crippen LogP contribution is 2.11. The van der Waals surface area contributed by atoms with Crippen LogP contribution in [0, 0.1) is 0 Å². The summed E-state index contributed by atoms with van der Waals surface area (Å²) in [6.07, 6.45) is 3.03. The molecule has 0 unspecified atom stereocenters. The molecule has 170 valence electrons. The SMILES string of the molecule is CC(C)(C)OC=O.CCCN(OCc1ccccc1)C(=O)CCCc1ccc(N)cc1. The highest BCUT2D eigenvalue weighted by Gasteiger charge is 2.13. The molecular formula is C25H36N2O4. The smallest absolute Gasteiger partial charge is 0.293 e. The number of anilines is 1. The average molecular weight is 429 g/mol. The molecule has 0 atom stereocenters. The summed E-state index contributed by atoms with van der Waals surface area (Å²) in [5.41, 5.74) is 8.39. The number of nitrogen functional groups attached to an aromatic ring is 1. The van der Waals surface area contributed by atoms with Gasteiger partial charge in [0.1, 0.15) is 12.2 Å². The number of hydroxylamine groups is 2. The maximum Gasteiger partial charge on any atom is 0.293 e. The van der Waals surface area contributed by atoms with Crippen LogP contribution in [0.15, 0.2) is 54.6 Å². The van der Waals surface area contributed by atoms with Gasteiger partial charge in [-0.05, 0) is 63.3 Å². The van der Waals surface area contributed by atoms with Gasteiger partial charge in [0.25, 0.3) is 6.47 Å². The number of rotatable bonds is 10. The van der Waals surface area contributed by atoms with Gasteiger partial charge in [0.15, 0.2) is 0 Å². The lowest BCUT2D eigenvalue weighted by molar-refractivity contribution is -0.191. The molecule has 6 nitrogen and oxygen atoms in total. The topological polar surface area (TPSA) is 81.9 Å². The van der Waals surface area contributed by atoms with Crippen molar-refractivity contribution in [1.29, 1.82) is 0 Å². The van der Waals surface area contributed by atoms with E-state index in [-0.39, 0.29) is 11.5 Å². The summed E-state index contributed by atoms with van der Waals surface area (Å²) in [4.78, 5) is 27.7. The van der Waals surface area contributed by atoms with Crippen molar-refractivity contribution in [2.45, 2.75) is 65.6 Å². The zero-order valence-electron chi connectivity index (χ0n) is 19.2. The third-order valence-corrected chi connectivity index (χ3v) is 4.17. The number of aryl methyl sites for hydroxylation is 1. The number of carbonyl (C=O) groups excluding carboxylic acids is 2.